The van der Waals surface area contributed by atoms with Gasteiger partial charge >= 0.3 is 6.09 Å². The second-order valence-corrected chi connectivity index (χ2v) is 8.74. The maximum absolute atomic E-state index is 13.1. The first-order valence-corrected chi connectivity index (χ1v) is 11.5. The molecule has 2 amide bonds. The number of aliphatic hydroxyl groups excluding tert-OH is 2. The number of benzene rings is 1. The van der Waals surface area contributed by atoms with Crippen LogP contribution < -0.4 is 20.3 Å². The second-order valence-electron chi connectivity index (χ2n) is 8.74. The quantitative estimate of drug-likeness (QED) is 0.248. The molecule has 0 bridgehead atoms. The summed E-state index contributed by atoms with van der Waals surface area (Å²) in [5.41, 5.74) is 1.58. The molecule has 3 aromatic rings. The third-order valence-corrected chi connectivity index (χ3v) is 6.11. The molecule has 0 aliphatic carbocycles. The fourth-order valence-electron chi connectivity index (χ4n) is 4.28. The van der Waals surface area contributed by atoms with Crippen molar-refractivity contribution in [3.8, 4) is 5.75 Å². The van der Waals surface area contributed by atoms with Crippen LogP contribution in [0.2, 0.25) is 0 Å². The van der Waals surface area contributed by atoms with Gasteiger partial charge in [0.05, 0.1) is 26.1 Å². The van der Waals surface area contributed by atoms with Crippen molar-refractivity contribution in [3.05, 3.63) is 42.5 Å². The Labute approximate surface area is 211 Å². The van der Waals surface area contributed by atoms with Crippen LogP contribution in [0.15, 0.2) is 36.9 Å². The van der Waals surface area contributed by atoms with Crippen molar-refractivity contribution in [2.45, 2.75) is 36.9 Å². The van der Waals surface area contributed by atoms with Crippen LogP contribution in [-0.4, -0.2) is 98.9 Å². The number of imidazole rings is 1. The molecule has 3 heterocycles. The monoisotopic (exact) mass is 515 g/mol. The summed E-state index contributed by atoms with van der Waals surface area (Å²) in [5, 5.41) is 35.2. The molecular weight excluding hydrogens is 486 g/mol. The molecule has 1 fully saturated rings. The van der Waals surface area contributed by atoms with Crippen molar-refractivity contribution in [2.24, 2.45) is 0 Å². The molecule has 5 N–H and O–H groups in total. The first-order chi connectivity index (χ1) is 17.7. The molecule has 2 aromatic heterocycles. The highest BCUT2D eigenvalue weighted by atomic mass is 16.5. The molecule has 1 aliphatic heterocycles. The van der Waals surface area contributed by atoms with Gasteiger partial charge in [-0.25, -0.2) is 19.7 Å². The molecule has 14 nitrogen and oxygen atoms in total. The minimum atomic E-state index is -1.38. The van der Waals surface area contributed by atoms with Gasteiger partial charge in [0.2, 0.25) is 5.91 Å². The summed E-state index contributed by atoms with van der Waals surface area (Å²) >= 11 is 0. The molecule has 1 saturated heterocycles. The minimum Gasteiger partial charge on any atom is -0.497 e. The summed E-state index contributed by atoms with van der Waals surface area (Å²) in [4.78, 5) is 39.1. The largest absolute Gasteiger partial charge is 0.497 e. The molecule has 5 atom stereocenters. The molecule has 0 saturated carbocycles. The number of hydrogen-bond acceptors (Lipinski definition) is 10. The van der Waals surface area contributed by atoms with Gasteiger partial charge in [-0.15, -0.1) is 0 Å². The van der Waals surface area contributed by atoms with Crippen LogP contribution in [-0.2, 0) is 16.0 Å². The Morgan fingerprint density at radius 3 is 2.57 bits per heavy atom. The molecular formula is C23H29N7O7. The van der Waals surface area contributed by atoms with E-state index in [1.807, 2.05) is 14.1 Å². The van der Waals surface area contributed by atoms with E-state index < -0.39 is 49.1 Å². The van der Waals surface area contributed by atoms with E-state index in [-0.39, 0.29) is 6.42 Å². The third-order valence-electron chi connectivity index (χ3n) is 6.11. The van der Waals surface area contributed by atoms with E-state index in [1.54, 1.807) is 29.2 Å². The van der Waals surface area contributed by atoms with Gasteiger partial charge in [0.15, 0.2) is 23.2 Å². The number of nitrogens with zero attached hydrogens (tertiary/aromatic N) is 5. The van der Waals surface area contributed by atoms with Gasteiger partial charge < -0.3 is 40.3 Å². The fourth-order valence-corrected chi connectivity index (χ4v) is 4.28. The number of nitrogens with one attached hydrogen (secondary N) is 2. The average molecular weight is 516 g/mol. The Morgan fingerprint density at radius 2 is 1.95 bits per heavy atom. The van der Waals surface area contributed by atoms with Crippen molar-refractivity contribution >= 4 is 29.0 Å². The lowest BCUT2D eigenvalue weighted by Gasteiger charge is -2.24. The molecule has 0 radical (unpaired) electrons. The van der Waals surface area contributed by atoms with Gasteiger partial charge in [-0.1, -0.05) is 12.1 Å². The second kappa shape index (κ2) is 10.9. The Balaban J connectivity index is 1.54. The topological polar surface area (TPSA) is 184 Å². The number of aliphatic hydroxyl groups is 2. The first-order valence-electron chi connectivity index (χ1n) is 11.5. The predicted molar refractivity (Wildman–Crippen MR) is 130 cm³/mol. The summed E-state index contributed by atoms with van der Waals surface area (Å²) in [6.45, 7) is -0.501. The van der Waals surface area contributed by atoms with Crippen LogP contribution in [0.1, 0.15) is 11.8 Å². The standard InChI is InChI=1S/C23H29N7O7/c1-29(2)19-17-20(25-10-24-19)30(11-26-17)22-18(32)16(15(9-31)37-22)28-21(33)14(27-23(34)35)8-12-4-6-13(36-3)7-5-12/h4-7,10-11,14-16,18,22,27,31-32H,8-9H2,1-3H3,(H,28,33)(H,34,35)/t14-,15+,16+,18+,22+/m0/s1. The highest BCUT2D eigenvalue weighted by Gasteiger charge is 2.46. The number of carbonyl (C=O) groups excluding carboxylic acids is 1. The lowest BCUT2D eigenvalue weighted by atomic mass is 10.0. The number of aromatic nitrogens is 4. The SMILES string of the molecule is COc1ccc(C[C@H](NC(=O)O)C(=O)N[C@H]2[C@@H](O)[C@H](n3cnc4c(N(C)C)ncnc43)O[C@@H]2CO)cc1. The zero-order valence-corrected chi connectivity index (χ0v) is 20.5. The number of amides is 2. The molecule has 14 heteroatoms. The van der Waals surface area contributed by atoms with E-state index in [1.165, 1.54) is 24.3 Å². The van der Waals surface area contributed by atoms with Gasteiger partial charge in [-0.2, -0.15) is 0 Å². The van der Waals surface area contributed by atoms with Crippen LogP contribution in [0.3, 0.4) is 0 Å². The van der Waals surface area contributed by atoms with E-state index in [4.69, 9.17) is 9.47 Å². The van der Waals surface area contributed by atoms with Crippen molar-refractivity contribution in [3.63, 3.8) is 0 Å². The summed E-state index contributed by atoms with van der Waals surface area (Å²) in [5.74, 6) is 0.507. The lowest BCUT2D eigenvalue weighted by molar-refractivity contribution is -0.124. The molecule has 1 aliphatic rings. The molecule has 4 rings (SSSR count). The average Bonchev–Trinajstić information content (AvgIpc) is 3.44. The van der Waals surface area contributed by atoms with Crippen molar-refractivity contribution < 1.29 is 34.4 Å². The van der Waals surface area contributed by atoms with Crippen molar-refractivity contribution in [1.82, 2.24) is 30.2 Å². The number of anilines is 1. The van der Waals surface area contributed by atoms with E-state index in [9.17, 15) is 24.9 Å². The third kappa shape index (κ3) is 5.40. The van der Waals surface area contributed by atoms with Crippen LogP contribution in [0.4, 0.5) is 10.6 Å². The fraction of sp³-hybridized carbons (Fsp3) is 0.435. The van der Waals surface area contributed by atoms with Gasteiger partial charge in [0, 0.05) is 20.5 Å². The van der Waals surface area contributed by atoms with E-state index in [0.717, 1.165) is 0 Å². The Kier molecular flexibility index (Phi) is 7.71. The Hall–Kier alpha value is -4.01. The summed E-state index contributed by atoms with van der Waals surface area (Å²) in [6, 6.07) is 4.64. The molecule has 0 unspecified atom stereocenters. The number of carboxylic acid groups (broad SMARTS) is 1. The number of hydrogen-bond donors (Lipinski definition) is 5. The van der Waals surface area contributed by atoms with Crippen LogP contribution >= 0.6 is 0 Å². The molecule has 37 heavy (non-hydrogen) atoms. The normalized spacial score (nSPS) is 22.0. The van der Waals surface area contributed by atoms with Crippen molar-refractivity contribution in [2.75, 3.05) is 32.7 Å². The Bertz CT molecular complexity index is 1250. The Morgan fingerprint density at radius 1 is 1.22 bits per heavy atom. The first kappa shape index (κ1) is 26.1. The number of carbonyl (C=O) groups is 2. The number of fused-ring (bicyclic) bond motifs is 1. The lowest BCUT2D eigenvalue weighted by Crippen LogP contribution is -2.55. The molecule has 1 aromatic carbocycles. The van der Waals surface area contributed by atoms with Crippen LogP contribution in [0.25, 0.3) is 11.2 Å². The van der Waals surface area contributed by atoms with Gasteiger partial charge in [0.1, 0.15) is 30.3 Å². The van der Waals surface area contributed by atoms with E-state index in [2.05, 4.69) is 25.6 Å². The maximum atomic E-state index is 13.1. The summed E-state index contributed by atoms with van der Waals surface area (Å²) < 4.78 is 12.5. The highest BCUT2D eigenvalue weighted by Crippen LogP contribution is 2.32. The van der Waals surface area contributed by atoms with E-state index >= 15 is 0 Å². The summed E-state index contributed by atoms with van der Waals surface area (Å²) in [6.07, 6.45) is -1.82. The maximum Gasteiger partial charge on any atom is 0.405 e. The van der Waals surface area contributed by atoms with Crippen molar-refractivity contribution in [1.29, 1.82) is 0 Å². The van der Waals surface area contributed by atoms with Gasteiger partial charge in [0.25, 0.3) is 0 Å². The summed E-state index contributed by atoms with van der Waals surface area (Å²) in [7, 11) is 5.14. The van der Waals surface area contributed by atoms with E-state index in [0.29, 0.717) is 28.3 Å². The zero-order chi connectivity index (χ0) is 26.7. The predicted octanol–water partition coefficient (Wildman–Crippen LogP) is -0.485. The van der Waals surface area contributed by atoms with Gasteiger partial charge in [-0.3, -0.25) is 9.36 Å². The van der Waals surface area contributed by atoms with Gasteiger partial charge in [-0.05, 0) is 17.7 Å². The highest BCUT2D eigenvalue weighted by molar-refractivity contribution is 5.86. The minimum absolute atomic E-state index is 0.0510. The van der Waals surface area contributed by atoms with Crippen LogP contribution in [0.5, 0.6) is 5.75 Å². The number of methoxy groups -OCH3 is 1. The molecule has 198 valence electrons. The smallest absolute Gasteiger partial charge is 0.405 e. The van der Waals surface area contributed by atoms with Crippen LogP contribution in [0, 0.1) is 0 Å². The number of ether oxygens (including phenoxy) is 2. The zero-order valence-electron chi connectivity index (χ0n) is 20.5. The molecule has 0 spiro atoms. The number of rotatable bonds is 9.